The number of aromatic nitrogens is 2. The van der Waals surface area contributed by atoms with Gasteiger partial charge in [-0.25, -0.2) is 4.39 Å². The zero-order valence-corrected chi connectivity index (χ0v) is 10.1. The molecule has 0 bridgehead atoms. The van der Waals surface area contributed by atoms with Crippen molar-refractivity contribution in [1.29, 1.82) is 0 Å². The van der Waals surface area contributed by atoms with Gasteiger partial charge in [0, 0.05) is 11.6 Å². The summed E-state index contributed by atoms with van der Waals surface area (Å²) >= 11 is 0. The average Bonchev–Trinajstić information content (AvgIpc) is 2.84. The fourth-order valence-corrected chi connectivity index (χ4v) is 1.48. The number of benzene rings is 1. The van der Waals surface area contributed by atoms with Gasteiger partial charge in [-0.05, 0) is 12.6 Å². The SMILES string of the molecule is CCNCc1nnc(-c2cc(F)cc([N+](=O)[O-])c2)o1. The van der Waals surface area contributed by atoms with E-state index in [-0.39, 0.29) is 17.1 Å². The average molecular weight is 266 g/mol. The Bertz CT molecular complexity index is 599. The van der Waals surface area contributed by atoms with Crippen LogP contribution in [0.3, 0.4) is 0 Å². The molecule has 0 fully saturated rings. The van der Waals surface area contributed by atoms with Crippen LogP contribution in [-0.4, -0.2) is 21.7 Å². The molecule has 0 radical (unpaired) electrons. The van der Waals surface area contributed by atoms with Crippen molar-refractivity contribution in [2.45, 2.75) is 13.5 Å². The molecule has 0 amide bonds. The van der Waals surface area contributed by atoms with Crippen LogP contribution in [0.25, 0.3) is 11.5 Å². The van der Waals surface area contributed by atoms with Gasteiger partial charge in [-0.2, -0.15) is 0 Å². The molecule has 0 saturated heterocycles. The molecule has 7 nitrogen and oxygen atoms in total. The summed E-state index contributed by atoms with van der Waals surface area (Å²) in [5, 5.41) is 21.1. The summed E-state index contributed by atoms with van der Waals surface area (Å²) in [5.74, 6) is -0.338. The molecule has 1 aromatic heterocycles. The fraction of sp³-hybridized carbons (Fsp3) is 0.273. The summed E-state index contributed by atoms with van der Waals surface area (Å²) in [5.41, 5.74) is -0.177. The maximum Gasteiger partial charge on any atom is 0.273 e. The van der Waals surface area contributed by atoms with Gasteiger partial charge in [0.05, 0.1) is 17.5 Å². The number of hydrogen-bond acceptors (Lipinski definition) is 6. The molecule has 0 saturated carbocycles. The van der Waals surface area contributed by atoms with Crippen LogP contribution in [0, 0.1) is 15.9 Å². The molecule has 2 rings (SSSR count). The molecule has 8 heteroatoms. The molecule has 2 aromatic rings. The quantitative estimate of drug-likeness (QED) is 0.656. The first-order valence-electron chi connectivity index (χ1n) is 5.58. The lowest BCUT2D eigenvalue weighted by molar-refractivity contribution is -0.385. The summed E-state index contributed by atoms with van der Waals surface area (Å²) in [7, 11) is 0. The normalized spacial score (nSPS) is 10.6. The number of non-ortho nitro benzene ring substituents is 1. The van der Waals surface area contributed by atoms with Gasteiger partial charge in [-0.15, -0.1) is 10.2 Å². The molecule has 0 atom stereocenters. The Morgan fingerprint density at radius 2 is 2.21 bits per heavy atom. The number of halogens is 1. The van der Waals surface area contributed by atoms with Crippen LogP contribution in [0.1, 0.15) is 12.8 Å². The highest BCUT2D eigenvalue weighted by atomic mass is 19.1. The molecule has 0 spiro atoms. The summed E-state index contributed by atoms with van der Waals surface area (Å²) in [4.78, 5) is 9.97. The molecular weight excluding hydrogens is 255 g/mol. The summed E-state index contributed by atoms with van der Waals surface area (Å²) in [6, 6.07) is 3.13. The zero-order chi connectivity index (χ0) is 13.8. The number of rotatable bonds is 5. The van der Waals surface area contributed by atoms with E-state index >= 15 is 0 Å². The van der Waals surface area contributed by atoms with E-state index in [1.54, 1.807) is 0 Å². The maximum absolute atomic E-state index is 13.3. The highest BCUT2D eigenvalue weighted by Crippen LogP contribution is 2.24. The Labute approximate surface area is 107 Å². The third-order valence-electron chi connectivity index (χ3n) is 2.33. The van der Waals surface area contributed by atoms with Gasteiger partial charge >= 0.3 is 0 Å². The minimum Gasteiger partial charge on any atom is -0.419 e. The van der Waals surface area contributed by atoms with Gasteiger partial charge < -0.3 is 9.73 Å². The third kappa shape index (κ3) is 3.10. The largest absolute Gasteiger partial charge is 0.419 e. The van der Waals surface area contributed by atoms with Crippen molar-refractivity contribution in [3.05, 3.63) is 40.0 Å². The van der Waals surface area contributed by atoms with Crippen LogP contribution in [0.2, 0.25) is 0 Å². The van der Waals surface area contributed by atoms with E-state index < -0.39 is 10.7 Å². The number of nitrogens with one attached hydrogen (secondary N) is 1. The third-order valence-corrected chi connectivity index (χ3v) is 2.33. The van der Waals surface area contributed by atoms with E-state index in [9.17, 15) is 14.5 Å². The monoisotopic (exact) mass is 266 g/mol. The van der Waals surface area contributed by atoms with Crippen LogP contribution in [-0.2, 0) is 6.54 Å². The van der Waals surface area contributed by atoms with Gasteiger partial charge in [0.25, 0.3) is 5.69 Å². The van der Waals surface area contributed by atoms with Crippen molar-refractivity contribution in [3.8, 4) is 11.5 Å². The first kappa shape index (κ1) is 13.1. The molecule has 0 aliphatic heterocycles. The Kier molecular flexibility index (Phi) is 3.81. The molecule has 0 aliphatic carbocycles. The van der Waals surface area contributed by atoms with E-state index in [0.717, 1.165) is 18.7 Å². The molecule has 1 N–H and O–H groups in total. The molecule has 1 heterocycles. The minimum absolute atomic E-state index is 0.0514. The van der Waals surface area contributed by atoms with E-state index in [4.69, 9.17) is 4.42 Å². The summed E-state index contributed by atoms with van der Waals surface area (Å²) in [6.45, 7) is 3.05. The van der Waals surface area contributed by atoms with Gasteiger partial charge in [0.2, 0.25) is 11.8 Å². The van der Waals surface area contributed by atoms with Crippen LogP contribution in [0.4, 0.5) is 10.1 Å². The van der Waals surface area contributed by atoms with Gasteiger partial charge in [-0.3, -0.25) is 10.1 Å². The van der Waals surface area contributed by atoms with E-state index in [2.05, 4.69) is 15.5 Å². The number of nitrogens with zero attached hydrogens (tertiary/aromatic N) is 3. The van der Waals surface area contributed by atoms with E-state index in [1.807, 2.05) is 6.92 Å². The highest BCUT2D eigenvalue weighted by Gasteiger charge is 2.15. The zero-order valence-electron chi connectivity index (χ0n) is 10.1. The molecular formula is C11H11FN4O3. The van der Waals surface area contributed by atoms with Gasteiger partial charge in [0.1, 0.15) is 5.82 Å². The highest BCUT2D eigenvalue weighted by molar-refractivity contribution is 5.57. The predicted molar refractivity (Wildman–Crippen MR) is 63.7 cm³/mol. The van der Waals surface area contributed by atoms with Crippen molar-refractivity contribution >= 4 is 5.69 Å². The van der Waals surface area contributed by atoms with Crippen LogP contribution in [0.15, 0.2) is 22.6 Å². The number of nitro groups is 1. The topological polar surface area (TPSA) is 94.1 Å². The first-order valence-corrected chi connectivity index (χ1v) is 5.58. The van der Waals surface area contributed by atoms with Crippen LogP contribution in [0.5, 0.6) is 0 Å². The van der Waals surface area contributed by atoms with Gasteiger partial charge in [0.15, 0.2) is 0 Å². The van der Waals surface area contributed by atoms with E-state index in [0.29, 0.717) is 12.4 Å². The summed E-state index contributed by atoms with van der Waals surface area (Å²) in [6.07, 6.45) is 0. The second kappa shape index (κ2) is 5.53. The number of hydrogen-bond donors (Lipinski definition) is 1. The standard InChI is InChI=1S/C11H11FN4O3/c1-2-13-6-10-14-15-11(19-10)7-3-8(12)5-9(4-7)16(17)18/h3-5,13H,2,6H2,1H3. The molecule has 1 aromatic carbocycles. The second-order valence-corrected chi connectivity index (χ2v) is 3.74. The predicted octanol–water partition coefficient (Wildman–Crippen LogP) is 1.89. The summed E-state index contributed by atoms with van der Waals surface area (Å²) < 4.78 is 18.6. The fourth-order valence-electron chi connectivity index (χ4n) is 1.48. The Balaban J connectivity index is 2.30. The lowest BCUT2D eigenvalue weighted by Gasteiger charge is -1.97. The second-order valence-electron chi connectivity index (χ2n) is 3.74. The smallest absolute Gasteiger partial charge is 0.273 e. The lowest BCUT2D eigenvalue weighted by Crippen LogP contribution is -2.11. The Morgan fingerprint density at radius 3 is 2.89 bits per heavy atom. The van der Waals surface area contributed by atoms with Crippen molar-refractivity contribution in [3.63, 3.8) is 0 Å². The van der Waals surface area contributed by atoms with Crippen LogP contribution >= 0.6 is 0 Å². The lowest BCUT2D eigenvalue weighted by atomic mass is 10.2. The molecule has 19 heavy (non-hydrogen) atoms. The Hall–Kier alpha value is -2.35. The maximum atomic E-state index is 13.3. The molecule has 100 valence electrons. The van der Waals surface area contributed by atoms with E-state index in [1.165, 1.54) is 6.07 Å². The molecule has 0 aliphatic rings. The minimum atomic E-state index is -0.726. The van der Waals surface area contributed by atoms with Crippen LogP contribution < -0.4 is 5.32 Å². The van der Waals surface area contributed by atoms with Crippen molar-refractivity contribution in [2.75, 3.05) is 6.54 Å². The number of nitro benzene ring substituents is 1. The van der Waals surface area contributed by atoms with Crippen molar-refractivity contribution in [1.82, 2.24) is 15.5 Å². The Morgan fingerprint density at radius 1 is 1.42 bits per heavy atom. The van der Waals surface area contributed by atoms with Crippen molar-refractivity contribution in [2.24, 2.45) is 0 Å². The first-order chi connectivity index (χ1) is 9.10. The van der Waals surface area contributed by atoms with Gasteiger partial charge in [-0.1, -0.05) is 6.92 Å². The van der Waals surface area contributed by atoms with Crippen molar-refractivity contribution < 1.29 is 13.7 Å². The molecule has 0 unspecified atom stereocenters.